The molecular formula is C13H19N3O3. The number of rotatable bonds is 7. The second-order valence-electron chi connectivity index (χ2n) is 4.18. The first-order valence-electron chi connectivity index (χ1n) is 6.30. The van der Waals surface area contributed by atoms with Gasteiger partial charge in [0.2, 0.25) is 0 Å². The molecule has 0 aliphatic heterocycles. The molecule has 6 nitrogen and oxygen atoms in total. The molecule has 104 valence electrons. The van der Waals surface area contributed by atoms with E-state index in [1.165, 1.54) is 0 Å². The Morgan fingerprint density at radius 2 is 2.21 bits per heavy atom. The topological polar surface area (TPSA) is 91.3 Å². The van der Waals surface area contributed by atoms with E-state index in [2.05, 4.69) is 15.6 Å². The van der Waals surface area contributed by atoms with Crippen LogP contribution in [0.5, 0.6) is 0 Å². The van der Waals surface area contributed by atoms with Crippen molar-refractivity contribution >= 4 is 12.0 Å². The van der Waals surface area contributed by atoms with E-state index in [0.717, 1.165) is 18.5 Å². The Morgan fingerprint density at radius 3 is 2.79 bits per heavy atom. The van der Waals surface area contributed by atoms with E-state index in [9.17, 15) is 9.59 Å². The minimum absolute atomic E-state index is 0.271. The number of urea groups is 1. The molecule has 0 aliphatic carbocycles. The van der Waals surface area contributed by atoms with Crippen LogP contribution in [-0.2, 0) is 11.3 Å². The third-order valence-electron chi connectivity index (χ3n) is 2.61. The lowest BCUT2D eigenvalue weighted by atomic mass is 10.1. The number of hydrogen-bond acceptors (Lipinski definition) is 3. The van der Waals surface area contributed by atoms with Gasteiger partial charge in [0, 0.05) is 6.20 Å². The van der Waals surface area contributed by atoms with Gasteiger partial charge in [-0.1, -0.05) is 25.8 Å². The number of nitrogens with zero attached hydrogens (tertiary/aromatic N) is 1. The minimum Gasteiger partial charge on any atom is -0.480 e. The van der Waals surface area contributed by atoms with Gasteiger partial charge in [0.05, 0.1) is 12.2 Å². The van der Waals surface area contributed by atoms with Crippen molar-refractivity contribution in [2.75, 3.05) is 0 Å². The molecule has 0 bridgehead atoms. The molecule has 1 aromatic rings. The van der Waals surface area contributed by atoms with Crippen LogP contribution in [0, 0.1) is 0 Å². The molecule has 3 N–H and O–H groups in total. The molecule has 1 atom stereocenters. The molecule has 0 aromatic carbocycles. The molecule has 1 heterocycles. The number of unbranched alkanes of at least 4 members (excludes halogenated alkanes) is 1. The van der Waals surface area contributed by atoms with Gasteiger partial charge in [0.15, 0.2) is 0 Å². The first-order valence-corrected chi connectivity index (χ1v) is 6.30. The maximum Gasteiger partial charge on any atom is 0.326 e. The largest absolute Gasteiger partial charge is 0.480 e. The van der Waals surface area contributed by atoms with E-state index in [-0.39, 0.29) is 6.54 Å². The van der Waals surface area contributed by atoms with Gasteiger partial charge in [-0.15, -0.1) is 0 Å². The SMILES string of the molecule is CCCC[C@H](NC(=O)NCc1ccccn1)C(=O)O. The van der Waals surface area contributed by atoms with Crippen molar-refractivity contribution in [3.63, 3.8) is 0 Å². The average molecular weight is 265 g/mol. The summed E-state index contributed by atoms with van der Waals surface area (Å²) < 4.78 is 0. The lowest BCUT2D eigenvalue weighted by Crippen LogP contribution is -2.45. The Kier molecular flexibility index (Phi) is 6.35. The zero-order valence-corrected chi connectivity index (χ0v) is 10.9. The van der Waals surface area contributed by atoms with Crippen molar-refractivity contribution < 1.29 is 14.7 Å². The van der Waals surface area contributed by atoms with Crippen LogP contribution < -0.4 is 10.6 Å². The summed E-state index contributed by atoms with van der Waals surface area (Å²) in [5.41, 5.74) is 0.720. The lowest BCUT2D eigenvalue weighted by molar-refractivity contribution is -0.139. The van der Waals surface area contributed by atoms with Crippen LogP contribution in [0.1, 0.15) is 31.9 Å². The fraction of sp³-hybridized carbons (Fsp3) is 0.462. The average Bonchev–Trinajstić information content (AvgIpc) is 2.42. The zero-order valence-electron chi connectivity index (χ0n) is 10.9. The molecular weight excluding hydrogens is 246 g/mol. The van der Waals surface area contributed by atoms with Crippen molar-refractivity contribution in [2.24, 2.45) is 0 Å². The molecule has 1 aromatic heterocycles. The Bertz CT molecular complexity index is 409. The summed E-state index contributed by atoms with van der Waals surface area (Å²) in [6, 6.07) is 4.06. The van der Waals surface area contributed by atoms with E-state index in [1.807, 2.05) is 13.0 Å². The van der Waals surface area contributed by atoms with Gasteiger partial charge in [0.25, 0.3) is 0 Å². The molecule has 19 heavy (non-hydrogen) atoms. The number of carbonyl (C=O) groups is 2. The molecule has 0 aliphatic rings. The van der Waals surface area contributed by atoms with Gasteiger partial charge in [0.1, 0.15) is 6.04 Å². The highest BCUT2D eigenvalue weighted by molar-refractivity contribution is 5.82. The maximum atomic E-state index is 11.6. The Hall–Kier alpha value is -2.11. The van der Waals surface area contributed by atoms with E-state index in [1.54, 1.807) is 18.3 Å². The van der Waals surface area contributed by atoms with Crippen molar-refractivity contribution in [3.05, 3.63) is 30.1 Å². The third kappa shape index (κ3) is 5.85. The maximum absolute atomic E-state index is 11.6. The van der Waals surface area contributed by atoms with Crippen LogP contribution in [0.15, 0.2) is 24.4 Å². The number of amides is 2. The Labute approximate surface area is 112 Å². The predicted octanol–water partition coefficient (Wildman–Crippen LogP) is 1.52. The van der Waals surface area contributed by atoms with Gasteiger partial charge in [-0.05, 0) is 18.6 Å². The number of aliphatic carboxylic acids is 1. The van der Waals surface area contributed by atoms with Crippen LogP contribution in [0.3, 0.4) is 0 Å². The minimum atomic E-state index is -1.01. The highest BCUT2D eigenvalue weighted by atomic mass is 16.4. The van der Waals surface area contributed by atoms with Gasteiger partial charge < -0.3 is 15.7 Å². The Morgan fingerprint density at radius 1 is 1.42 bits per heavy atom. The van der Waals surface area contributed by atoms with Crippen LogP contribution >= 0.6 is 0 Å². The van der Waals surface area contributed by atoms with E-state index in [0.29, 0.717) is 6.42 Å². The third-order valence-corrected chi connectivity index (χ3v) is 2.61. The lowest BCUT2D eigenvalue weighted by Gasteiger charge is -2.14. The molecule has 0 unspecified atom stereocenters. The number of carboxylic acids is 1. The number of nitrogens with one attached hydrogen (secondary N) is 2. The van der Waals surface area contributed by atoms with Gasteiger partial charge in [-0.25, -0.2) is 9.59 Å². The van der Waals surface area contributed by atoms with E-state index in [4.69, 9.17) is 5.11 Å². The van der Waals surface area contributed by atoms with Crippen LogP contribution in [0.2, 0.25) is 0 Å². The summed E-state index contributed by atoms with van der Waals surface area (Å²) in [5, 5.41) is 14.0. The number of hydrogen-bond donors (Lipinski definition) is 3. The molecule has 0 saturated carbocycles. The van der Waals surface area contributed by atoms with Crippen LogP contribution in [0.4, 0.5) is 4.79 Å². The molecule has 1 rings (SSSR count). The van der Waals surface area contributed by atoms with E-state index >= 15 is 0 Å². The van der Waals surface area contributed by atoms with Crippen molar-refractivity contribution in [2.45, 2.75) is 38.8 Å². The first-order chi connectivity index (χ1) is 9.13. The smallest absolute Gasteiger partial charge is 0.326 e. The zero-order chi connectivity index (χ0) is 14.1. The second-order valence-corrected chi connectivity index (χ2v) is 4.18. The number of pyridine rings is 1. The number of carbonyl (C=O) groups excluding carboxylic acids is 1. The Balaban J connectivity index is 2.38. The van der Waals surface area contributed by atoms with Crippen molar-refractivity contribution in [1.29, 1.82) is 0 Å². The summed E-state index contributed by atoms with van der Waals surface area (Å²) in [4.78, 5) is 26.6. The fourth-order valence-electron chi connectivity index (χ4n) is 1.55. The molecule has 0 radical (unpaired) electrons. The van der Waals surface area contributed by atoms with Gasteiger partial charge in [-0.3, -0.25) is 4.98 Å². The van der Waals surface area contributed by atoms with Gasteiger partial charge >= 0.3 is 12.0 Å². The summed E-state index contributed by atoms with van der Waals surface area (Å²) in [6.45, 7) is 2.24. The summed E-state index contributed by atoms with van der Waals surface area (Å²) in [5.74, 6) is -1.01. The summed E-state index contributed by atoms with van der Waals surface area (Å²) >= 11 is 0. The van der Waals surface area contributed by atoms with E-state index < -0.39 is 18.0 Å². The summed E-state index contributed by atoms with van der Waals surface area (Å²) in [6.07, 6.45) is 3.72. The fourth-order valence-corrected chi connectivity index (χ4v) is 1.55. The molecule has 2 amide bonds. The molecule has 0 spiro atoms. The quantitative estimate of drug-likeness (QED) is 0.697. The molecule has 0 saturated heterocycles. The first kappa shape index (κ1) is 14.9. The highest BCUT2D eigenvalue weighted by Crippen LogP contribution is 2.01. The summed E-state index contributed by atoms with van der Waals surface area (Å²) in [7, 11) is 0. The number of aromatic nitrogens is 1. The van der Waals surface area contributed by atoms with Crippen molar-refractivity contribution in [1.82, 2.24) is 15.6 Å². The highest BCUT2D eigenvalue weighted by Gasteiger charge is 2.18. The van der Waals surface area contributed by atoms with Crippen LogP contribution in [-0.4, -0.2) is 28.1 Å². The normalized spacial score (nSPS) is 11.6. The molecule has 0 fully saturated rings. The standard InChI is InChI=1S/C13H19N3O3/c1-2-3-7-11(12(17)18)16-13(19)15-9-10-6-4-5-8-14-10/h4-6,8,11H,2-3,7,9H2,1H3,(H,17,18)(H2,15,16,19)/t11-/m0/s1. The number of carboxylic acid groups (broad SMARTS) is 1. The predicted molar refractivity (Wildman–Crippen MR) is 70.6 cm³/mol. The van der Waals surface area contributed by atoms with Crippen LogP contribution in [0.25, 0.3) is 0 Å². The van der Waals surface area contributed by atoms with Crippen molar-refractivity contribution in [3.8, 4) is 0 Å². The van der Waals surface area contributed by atoms with Gasteiger partial charge in [-0.2, -0.15) is 0 Å². The molecule has 6 heteroatoms. The second kappa shape index (κ2) is 8.07. The monoisotopic (exact) mass is 265 g/mol.